The summed E-state index contributed by atoms with van der Waals surface area (Å²) in [6.45, 7) is 3.95. The summed E-state index contributed by atoms with van der Waals surface area (Å²) < 4.78 is 0. The summed E-state index contributed by atoms with van der Waals surface area (Å²) in [6.07, 6.45) is 3.49. The predicted octanol–water partition coefficient (Wildman–Crippen LogP) is 3.25. The number of nitro benzene ring substituents is 1. The molecule has 0 radical (unpaired) electrons. The van der Waals surface area contributed by atoms with E-state index in [4.69, 9.17) is 0 Å². The molecule has 2 aromatic rings. The number of nitro groups is 1. The van der Waals surface area contributed by atoms with Crippen LogP contribution < -0.4 is 10.6 Å². The van der Waals surface area contributed by atoms with Gasteiger partial charge in [0, 0.05) is 24.4 Å². The SMILES string of the molecule is Cc1cc([N+](=O)[O-])ccc1NC(=O)C(=O)NCC(c1ccsc1)N1CCCCC1. The van der Waals surface area contributed by atoms with E-state index in [1.54, 1.807) is 18.3 Å². The fourth-order valence-corrected chi connectivity index (χ4v) is 4.21. The van der Waals surface area contributed by atoms with Gasteiger partial charge in [-0.2, -0.15) is 11.3 Å². The second-order valence-electron chi connectivity index (χ2n) is 7.09. The fourth-order valence-electron chi connectivity index (χ4n) is 3.50. The first kappa shape index (κ1) is 20.9. The summed E-state index contributed by atoms with van der Waals surface area (Å²) in [7, 11) is 0. The maximum atomic E-state index is 12.3. The van der Waals surface area contributed by atoms with Crippen molar-refractivity contribution in [1.82, 2.24) is 10.2 Å². The highest BCUT2D eigenvalue weighted by Gasteiger charge is 2.24. The van der Waals surface area contributed by atoms with Crippen molar-refractivity contribution >= 4 is 34.5 Å². The zero-order valence-corrected chi connectivity index (χ0v) is 17.0. The number of piperidine rings is 1. The molecular weight excluding hydrogens is 392 g/mol. The monoisotopic (exact) mass is 416 g/mol. The van der Waals surface area contributed by atoms with Crippen molar-refractivity contribution in [3.8, 4) is 0 Å². The number of aryl methyl sites for hydroxylation is 1. The van der Waals surface area contributed by atoms with Crippen LogP contribution in [0.5, 0.6) is 0 Å². The van der Waals surface area contributed by atoms with E-state index in [1.807, 2.05) is 5.38 Å². The number of nitrogens with one attached hydrogen (secondary N) is 2. The van der Waals surface area contributed by atoms with Gasteiger partial charge in [-0.1, -0.05) is 6.42 Å². The number of carbonyl (C=O) groups excluding carboxylic acids is 2. The Morgan fingerprint density at radius 1 is 1.21 bits per heavy atom. The quantitative estimate of drug-likeness (QED) is 0.427. The number of hydrogen-bond acceptors (Lipinski definition) is 6. The van der Waals surface area contributed by atoms with Crippen molar-refractivity contribution in [3.05, 3.63) is 56.3 Å². The summed E-state index contributed by atoms with van der Waals surface area (Å²) >= 11 is 1.61. The van der Waals surface area contributed by atoms with Crippen LogP contribution >= 0.6 is 11.3 Å². The number of thiophene rings is 1. The molecule has 0 spiro atoms. The molecular formula is C20H24N4O4S. The minimum atomic E-state index is -0.787. The number of nitrogens with zero attached hydrogens (tertiary/aromatic N) is 2. The van der Waals surface area contributed by atoms with E-state index in [9.17, 15) is 19.7 Å². The lowest BCUT2D eigenvalue weighted by Gasteiger charge is -2.34. The maximum Gasteiger partial charge on any atom is 0.313 e. The first-order valence-electron chi connectivity index (χ1n) is 9.56. The highest BCUT2D eigenvalue weighted by atomic mass is 32.1. The zero-order valence-electron chi connectivity index (χ0n) is 16.2. The van der Waals surface area contributed by atoms with E-state index in [0.717, 1.165) is 31.5 Å². The Morgan fingerprint density at radius 2 is 1.97 bits per heavy atom. The van der Waals surface area contributed by atoms with Gasteiger partial charge >= 0.3 is 11.8 Å². The van der Waals surface area contributed by atoms with Gasteiger partial charge in [0.1, 0.15) is 0 Å². The Balaban J connectivity index is 1.61. The average Bonchev–Trinajstić information content (AvgIpc) is 3.24. The molecule has 1 aliphatic rings. The van der Waals surface area contributed by atoms with Crippen LogP contribution in [0, 0.1) is 17.0 Å². The van der Waals surface area contributed by atoms with E-state index in [2.05, 4.69) is 27.0 Å². The minimum absolute atomic E-state index is 0.0411. The van der Waals surface area contributed by atoms with Gasteiger partial charge in [-0.15, -0.1) is 0 Å². The third kappa shape index (κ3) is 5.39. The van der Waals surface area contributed by atoms with Crippen LogP contribution in [0.1, 0.15) is 36.4 Å². The second-order valence-corrected chi connectivity index (χ2v) is 7.87. The maximum absolute atomic E-state index is 12.3. The lowest BCUT2D eigenvalue weighted by molar-refractivity contribution is -0.384. The molecule has 1 aromatic carbocycles. The number of hydrogen-bond donors (Lipinski definition) is 2. The molecule has 0 saturated carbocycles. The van der Waals surface area contributed by atoms with Gasteiger partial charge in [0.15, 0.2) is 0 Å². The molecule has 2 amide bonds. The molecule has 3 rings (SSSR count). The summed E-state index contributed by atoms with van der Waals surface area (Å²) in [5, 5.41) is 20.2. The van der Waals surface area contributed by atoms with Crippen LogP contribution in [0.15, 0.2) is 35.0 Å². The van der Waals surface area contributed by atoms with Crippen molar-refractivity contribution in [1.29, 1.82) is 0 Å². The van der Waals surface area contributed by atoms with E-state index >= 15 is 0 Å². The number of benzene rings is 1. The molecule has 154 valence electrons. The molecule has 8 nitrogen and oxygen atoms in total. The largest absolute Gasteiger partial charge is 0.346 e. The number of non-ortho nitro benzene ring substituents is 1. The predicted molar refractivity (Wildman–Crippen MR) is 112 cm³/mol. The van der Waals surface area contributed by atoms with Crippen molar-refractivity contribution in [2.45, 2.75) is 32.2 Å². The molecule has 9 heteroatoms. The Hall–Kier alpha value is -2.78. The molecule has 1 saturated heterocycles. The molecule has 0 bridgehead atoms. The van der Waals surface area contributed by atoms with E-state index in [0.29, 0.717) is 17.8 Å². The smallest absolute Gasteiger partial charge is 0.313 e. The molecule has 29 heavy (non-hydrogen) atoms. The van der Waals surface area contributed by atoms with Gasteiger partial charge in [0.2, 0.25) is 0 Å². The van der Waals surface area contributed by atoms with Crippen LogP contribution in [0.2, 0.25) is 0 Å². The Labute approximate surface area is 173 Å². The van der Waals surface area contributed by atoms with Crippen LogP contribution in [-0.2, 0) is 9.59 Å². The minimum Gasteiger partial charge on any atom is -0.346 e. The Morgan fingerprint density at radius 3 is 2.59 bits per heavy atom. The number of amides is 2. The van der Waals surface area contributed by atoms with E-state index < -0.39 is 16.7 Å². The zero-order chi connectivity index (χ0) is 20.8. The standard InChI is InChI=1S/C20H24N4O4S/c1-14-11-16(24(27)28)5-6-17(14)22-20(26)19(25)21-12-18(15-7-10-29-13-15)23-8-3-2-4-9-23/h5-7,10-11,13,18H,2-4,8-9,12H2,1H3,(H,21,25)(H,22,26). The molecule has 1 aromatic heterocycles. The summed E-state index contributed by atoms with van der Waals surface area (Å²) in [5.41, 5.74) is 1.97. The molecule has 1 aliphatic heterocycles. The fraction of sp³-hybridized carbons (Fsp3) is 0.400. The third-order valence-electron chi connectivity index (χ3n) is 5.09. The third-order valence-corrected chi connectivity index (χ3v) is 5.79. The Bertz CT molecular complexity index is 879. The summed E-state index contributed by atoms with van der Waals surface area (Å²) in [6, 6.07) is 6.18. The van der Waals surface area contributed by atoms with Crippen LogP contribution in [0.3, 0.4) is 0 Å². The average molecular weight is 417 g/mol. The van der Waals surface area contributed by atoms with Crippen molar-refractivity contribution < 1.29 is 14.5 Å². The van der Waals surface area contributed by atoms with Crippen molar-refractivity contribution in [3.63, 3.8) is 0 Å². The van der Waals surface area contributed by atoms with E-state index in [1.165, 1.54) is 24.6 Å². The first-order chi connectivity index (χ1) is 14.0. The van der Waals surface area contributed by atoms with Gasteiger partial charge < -0.3 is 10.6 Å². The van der Waals surface area contributed by atoms with Gasteiger partial charge in [-0.25, -0.2) is 0 Å². The molecule has 1 atom stereocenters. The summed E-state index contributed by atoms with van der Waals surface area (Å²) in [5.74, 6) is -1.51. The van der Waals surface area contributed by atoms with Gasteiger partial charge in [-0.05, 0) is 66.9 Å². The molecule has 0 aliphatic carbocycles. The van der Waals surface area contributed by atoms with Gasteiger partial charge in [0.05, 0.1) is 11.0 Å². The van der Waals surface area contributed by atoms with Crippen molar-refractivity contribution in [2.24, 2.45) is 0 Å². The summed E-state index contributed by atoms with van der Waals surface area (Å²) in [4.78, 5) is 37.3. The lowest BCUT2D eigenvalue weighted by Crippen LogP contribution is -2.43. The van der Waals surface area contributed by atoms with Crippen LogP contribution in [0.25, 0.3) is 0 Å². The second kappa shape index (κ2) is 9.62. The molecule has 1 fully saturated rings. The number of likely N-dealkylation sites (tertiary alicyclic amines) is 1. The van der Waals surface area contributed by atoms with Crippen molar-refractivity contribution in [2.75, 3.05) is 25.0 Å². The number of rotatable bonds is 6. The molecule has 2 N–H and O–H groups in total. The normalized spacial score (nSPS) is 15.5. The molecule has 1 unspecified atom stereocenters. The lowest BCUT2D eigenvalue weighted by atomic mass is 10.0. The topological polar surface area (TPSA) is 105 Å². The first-order valence-corrected chi connectivity index (χ1v) is 10.5. The van der Waals surface area contributed by atoms with Crippen LogP contribution in [0.4, 0.5) is 11.4 Å². The molecule has 2 heterocycles. The van der Waals surface area contributed by atoms with E-state index in [-0.39, 0.29) is 11.7 Å². The van der Waals surface area contributed by atoms with Crippen LogP contribution in [-0.4, -0.2) is 41.3 Å². The number of carbonyl (C=O) groups is 2. The Kier molecular flexibility index (Phi) is 6.95. The van der Waals surface area contributed by atoms with Gasteiger partial charge in [0.25, 0.3) is 5.69 Å². The number of anilines is 1. The highest BCUT2D eigenvalue weighted by Crippen LogP contribution is 2.26. The highest BCUT2D eigenvalue weighted by molar-refractivity contribution is 7.08. The van der Waals surface area contributed by atoms with Gasteiger partial charge in [-0.3, -0.25) is 24.6 Å².